The van der Waals surface area contributed by atoms with Crippen molar-refractivity contribution in [3.63, 3.8) is 0 Å². The van der Waals surface area contributed by atoms with Gasteiger partial charge in [0.1, 0.15) is 5.82 Å². The van der Waals surface area contributed by atoms with E-state index in [1.54, 1.807) is 11.8 Å². The van der Waals surface area contributed by atoms with Crippen LogP contribution in [0.15, 0.2) is 12.1 Å². The molecule has 0 spiro atoms. The zero-order valence-electron chi connectivity index (χ0n) is 6.76. The first kappa shape index (κ1) is 9.31. The summed E-state index contributed by atoms with van der Waals surface area (Å²) in [5.41, 5.74) is 1.51. The minimum Gasteiger partial charge on any atom is -0.388 e. The van der Waals surface area contributed by atoms with Crippen LogP contribution in [0, 0.1) is 5.82 Å². The number of rotatable bonds is 0. The molecule has 1 heterocycles. The molecule has 0 radical (unpaired) electrons. The lowest BCUT2D eigenvalue weighted by molar-refractivity contribution is 0.201. The molecule has 1 aromatic carbocycles. The molecule has 4 heteroatoms. The second-order valence-corrected chi connectivity index (χ2v) is 4.42. The lowest BCUT2D eigenvalue weighted by atomic mass is 10.0. The highest BCUT2D eigenvalue weighted by Crippen LogP contribution is 2.36. The van der Waals surface area contributed by atoms with E-state index in [1.165, 1.54) is 12.1 Å². The summed E-state index contributed by atoms with van der Waals surface area (Å²) in [6.45, 7) is 0. The highest BCUT2D eigenvalue weighted by molar-refractivity contribution is 7.98. The van der Waals surface area contributed by atoms with Crippen molar-refractivity contribution in [2.45, 2.75) is 11.9 Å². The molecule has 1 aliphatic rings. The maximum Gasteiger partial charge on any atom is 0.125 e. The van der Waals surface area contributed by atoms with Crippen LogP contribution in [-0.2, 0) is 5.75 Å². The van der Waals surface area contributed by atoms with Gasteiger partial charge in [0.05, 0.1) is 6.10 Å². The fourth-order valence-corrected chi connectivity index (χ4v) is 2.84. The zero-order valence-corrected chi connectivity index (χ0v) is 8.33. The van der Waals surface area contributed by atoms with Gasteiger partial charge in [0.15, 0.2) is 0 Å². The van der Waals surface area contributed by atoms with Gasteiger partial charge in [0.25, 0.3) is 0 Å². The van der Waals surface area contributed by atoms with Gasteiger partial charge in [-0.25, -0.2) is 4.39 Å². The predicted octanol–water partition coefficient (Wildman–Crippen LogP) is 2.76. The molecule has 1 aromatic rings. The van der Waals surface area contributed by atoms with Gasteiger partial charge in [-0.2, -0.15) is 11.8 Å². The standard InChI is InChI=1S/C9H8ClFOS/c10-8-2-5(11)1-6-7(8)3-13-4-9(6)12/h1-2,9,12H,3-4H2. The first-order chi connectivity index (χ1) is 6.18. The van der Waals surface area contributed by atoms with Crippen LogP contribution in [0.4, 0.5) is 4.39 Å². The van der Waals surface area contributed by atoms with Crippen molar-refractivity contribution in [3.05, 3.63) is 34.1 Å². The number of fused-ring (bicyclic) bond motifs is 1. The topological polar surface area (TPSA) is 20.2 Å². The van der Waals surface area contributed by atoms with Crippen LogP contribution in [0.3, 0.4) is 0 Å². The van der Waals surface area contributed by atoms with E-state index in [0.717, 1.165) is 11.3 Å². The van der Waals surface area contributed by atoms with Crippen molar-refractivity contribution in [3.8, 4) is 0 Å². The van der Waals surface area contributed by atoms with Crippen molar-refractivity contribution in [2.75, 3.05) is 5.75 Å². The Morgan fingerprint density at radius 2 is 2.31 bits per heavy atom. The third kappa shape index (κ3) is 1.68. The largest absolute Gasteiger partial charge is 0.388 e. The van der Waals surface area contributed by atoms with Crippen LogP contribution < -0.4 is 0 Å². The molecule has 0 aromatic heterocycles. The van der Waals surface area contributed by atoms with E-state index in [0.29, 0.717) is 16.3 Å². The number of hydrogen-bond acceptors (Lipinski definition) is 2. The van der Waals surface area contributed by atoms with Crippen LogP contribution in [0.25, 0.3) is 0 Å². The van der Waals surface area contributed by atoms with Crippen LogP contribution in [0.5, 0.6) is 0 Å². The zero-order chi connectivity index (χ0) is 9.42. The van der Waals surface area contributed by atoms with E-state index in [4.69, 9.17) is 11.6 Å². The maximum absolute atomic E-state index is 12.9. The predicted molar refractivity (Wildman–Crippen MR) is 52.5 cm³/mol. The molecule has 0 amide bonds. The number of aliphatic hydroxyl groups excluding tert-OH is 1. The van der Waals surface area contributed by atoms with Gasteiger partial charge >= 0.3 is 0 Å². The molecule has 0 aliphatic carbocycles. The molecule has 1 atom stereocenters. The summed E-state index contributed by atoms with van der Waals surface area (Å²) < 4.78 is 12.9. The number of aliphatic hydroxyl groups is 1. The van der Waals surface area contributed by atoms with Crippen molar-refractivity contribution in [1.29, 1.82) is 0 Å². The van der Waals surface area contributed by atoms with Crippen LogP contribution in [0.1, 0.15) is 17.2 Å². The van der Waals surface area contributed by atoms with E-state index in [1.807, 2.05) is 0 Å². The Morgan fingerprint density at radius 3 is 3.08 bits per heavy atom. The van der Waals surface area contributed by atoms with E-state index in [9.17, 15) is 9.50 Å². The quantitative estimate of drug-likeness (QED) is 0.723. The van der Waals surface area contributed by atoms with Gasteiger partial charge in [-0.3, -0.25) is 0 Å². The average Bonchev–Trinajstić information content (AvgIpc) is 2.07. The normalized spacial score (nSPS) is 21.3. The second kappa shape index (κ2) is 3.48. The Balaban J connectivity index is 2.56. The molecule has 70 valence electrons. The number of benzene rings is 1. The first-order valence-corrected chi connectivity index (χ1v) is 5.45. The summed E-state index contributed by atoms with van der Waals surface area (Å²) in [5.74, 6) is 0.993. The fraction of sp³-hybridized carbons (Fsp3) is 0.333. The van der Waals surface area contributed by atoms with Gasteiger partial charge in [-0.05, 0) is 23.3 Å². The monoisotopic (exact) mass is 218 g/mol. The van der Waals surface area contributed by atoms with Crippen LogP contribution in [-0.4, -0.2) is 10.9 Å². The maximum atomic E-state index is 12.9. The average molecular weight is 219 g/mol. The summed E-state index contributed by atoms with van der Waals surface area (Å²) in [5, 5.41) is 9.98. The fourth-order valence-electron chi connectivity index (χ4n) is 1.44. The molecule has 1 N–H and O–H groups in total. The molecule has 2 rings (SSSR count). The van der Waals surface area contributed by atoms with Gasteiger partial charge < -0.3 is 5.11 Å². The molecular formula is C9H8ClFOS. The minimum atomic E-state index is -0.582. The Hall–Kier alpha value is -0.250. The van der Waals surface area contributed by atoms with E-state index in [-0.39, 0.29) is 5.82 Å². The molecule has 13 heavy (non-hydrogen) atoms. The number of hydrogen-bond donors (Lipinski definition) is 1. The van der Waals surface area contributed by atoms with Crippen molar-refractivity contribution < 1.29 is 9.50 Å². The molecule has 0 saturated carbocycles. The first-order valence-electron chi connectivity index (χ1n) is 3.92. The smallest absolute Gasteiger partial charge is 0.125 e. The summed E-state index contributed by atoms with van der Waals surface area (Å²) in [7, 11) is 0. The molecule has 0 saturated heterocycles. The lowest BCUT2D eigenvalue weighted by Crippen LogP contribution is -2.10. The van der Waals surface area contributed by atoms with E-state index in [2.05, 4.69) is 0 Å². The molecule has 0 fully saturated rings. The Bertz CT molecular complexity index is 343. The van der Waals surface area contributed by atoms with E-state index < -0.39 is 6.10 Å². The van der Waals surface area contributed by atoms with Crippen molar-refractivity contribution >= 4 is 23.4 Å². The number of halogens is 2. The number of thioether (sulfide) groups is 1. The van der Waals surface area contributed by atoms with Gasteiger partial charge in [0, 0.05) is 16.5 Å². The molecule has 1 aliphatic heterocycles. The SMILES string of the molecule is OC1CSCc2c(Cl)cc(F)cc21. The Kier molecular flexibility index (Phi) is 2.49. The second-order valence-electron chi connectivity index (χ2n) is 2.99. The molecule has 1 unspecified atom stereocenters. The van der Waals surface area contributed by atoms with Crippen LogP contribution in [0.2, 0.25) is 5.02 Å². The van der Waals surface area contributed by atoms with E-state index >= 15 is 0 Å². The highest BCUT2D eigenvalue weighted by atomic mass is 35.5. The van der Waals surface area contributed by atoms with Crippen LogP contribution >= 0.6 is 23.4 Å². The lowest BCUT2D eigenvalue weighted by Gasteiger charge is -2.21. The summed E-state index contributed by atoms with van der Waals surface area (Å²) in [4.78, 5) is 0. The molecule has 0 bridgehead atoms. The Morgan fingerprint density at radius 1 is 1.54 bits per heavy atom. The molecular weight excluding hydrogens is 211 g/mol. The highest BCUT2D eigenvalue weighted by Gasteiger charge is 2.21. The molecule has 1 nitrogen and oxygen atoms in total. The summed E-state index contributed by atoms with van der Waals surface area (Å²) in [6.07, 6.45) is -0.582. The minimum absolute atomic E-state index is 0.380. The summed E-state index contributed by atoms with van der Waals surface area (Å²) >= 11 is 7.46. The van der Waals surface area contributed by atoms with Crippen molar-refractivity contribution in [1.82, 2.24) is 0 Å². The van der Waals surface area contributed by atoms with Gasteiger partial charge in [-0.15, -0.1) is 0 Å². The third-order valence-corrected chi connectivity index (χ3v) is 3.46. The van der Waals surface area contributed by atoms with Crippen molar-refractivity contribution in [2.24, 2.45) is 0 Å². The Labute approximate surface area is 84.9 Å². The van der Waals surface area contributed by atoms with Gasteiger partial charge in [0.2, 0.25) is 0 Å². The van der Waals surface area contributed by atoms with Gasteiger partial charge in [-0.1, -0.05) is 11.6 Å². The summed E-state index contributed by atoms with van der Waals surface area (Å²) in [6, 6.07) is 2.66. The third-order valence-electron chi connectivity index (χ3n) is 2.08.